The van der Waals surface area contributed by atoms with Crippen LogP contribution in [0.2, 0.25) is 0 Å². The molecule has 0 spiro atoms. The molecule has 0 aromatic heterocycles. The molecule has 3 aromatic carbocycles. The van der Waals surface area contributed by atoms with Gasteiger partial charge in [-0.1, -0.05) is 0 Å². The van der Waals surface area contributed by atoms with E-state index < -0.39 is 16.9 Å². The van der Waals surface area contributed by atoms with Crippen molar-refractivity contribution in [3.8, 4) is 0 Å². The highest BCUT2D eigenvalue weighted by Gasteiger charge is 2.35. The lowest BCUT2D eigenvalue weighted by molar-refractivity contribution is -0.384. The lowest BCUT2D eigenvalue weighted by atomic mass is 10.2. The van der Waals surface area contributed by atoms with Crippen molar-refractivity contribution >= 4 is 79.8 Å². The van der Waals surface area contributed by atoms with Gasteiger partial charge in [0.2, 0.25) is 0 Å². The normalized spacial score (nSPS) is 15.5. The van der Waals surface area contributed by atoms with Gasteiger partial charge in [-0.25, -0.2) is 19.6 Å². The molecule has 0 unspecified atom stereocenters. The van der Waals surface area contributed by atoms with Gasteiger partial charge >= 0.3 is 11.9 Å². The van der Waals surface area contributed by atoms with Crippen LogP contribution < -0.4 is 4.90 Å². The minimum Gasteiger partial charge on any atom is -0.462 e. The molecule has 0 N–H and O–H groups in total. The molecule has 12 nitrogen and oxygen atoms in total. The van der Waals surface area contributed by atoms with Crippen molar-refractivity contribution in [2.24, 2.45) is 15.0 Å². The van der Waals surface area contributed by atoms with Gasteiger partial charge in [0.15, 0.2) is 16.1 Å². The summed E-state index contributed by atoms with van der Waals surface area (Å²) in [5.74, 6) is -0.523. The summed E-state index contributed by atoms with van der Waals surface area (Å²) >= 11 is 6.68. The molecule has 44 heavy (non-hydrogen) atoms. The van der Waals surface area contributed by atoms with Gasteiger partial charge in [-0.2, -0.15) is 4.99 Å². The van der Waals surface area contributed by atoms with Crippen LogP contribution in [0, 0.1) is 10.1 Å². The number of rotatable bonds is 8. The maximum atomic E-state index is 12.2. The first-order valence-corrected chi connectivity index (χ1v) is 14.6. The maximum Gasteiger partial charge on any atom is 0.338 e. The number of nitrogens with zero attached hydrogens (tertiary/aromatic N) is 6. The van der Waals surface area contributed by atoms with Crippen LogP contribution in [-0.2, 0) is 9.47 Å². The maximum absolute atomic E-state index is 12.2. The van der Waals surface area contributed by atoms with E-state index in [1.54, 1.807) is 98.4 Å². The van der Waals surface area contributed by atoms with Crippen LogP contribution in [0.15, 0.2) is 87.8 Å². The first-order chi connectivity index (χ1) is 21.1. The standard InChI is InChI=1S/C30H28N6O6S2/c1-5-41-27(37)19-7-11-21(12-8-19)31-25-26(32-22-13-9-20(10-14-22)28(38)42-6-2)44-30(33-29(43)34(3)4)35(25)23-15-17-24(18-16-23)36(39)40/h7-18H,5-6H2,1-4H3/b31-25?,32-26?,33-30-. The third kappa shape index (κ3) is 7.71. The third-order valence-corrected chi connectivity index (χ3v) is 7.28. The van der Waals surface area contributed by atoms with Gasteiger partial charge < -0.3 is 14.4 Å². The Morgan fingerprint density at radius 3 is 1.82 bits per heavy atom. The quantitative estimate of drug-likeness (QED) is 0.123. The van der Waals surface area contributed by atoms with E-state index >= 15 is 0 Å². The van der Waals surface area contributed by atoms with Crippen LogP contribution >= 0.6 is 24.0 Å². The summed E-state index contributed by atoms with van der Waals surface area (Å²) in [6.45, 7) is 3.98. The minimum absolute atomic E-state index is 0.0773. The van der Waals surface area contributed by atoms with E-state index in [2.05, 4.69) is 4.99 Å². The van der Waals surface area contributed by atoms with Crippen molar-refractivity contribution in [2.75, 3.05) is 32.2 Å². The van der Waals surface area contributed by atoms with Crippen molar-refractivity contribution in [3.05, 3.63) is 94.0 Å². The Morgan fingerprint density at radius 2 is 1.36 bits per heavy atom. The lowest BCUT2D eigenvalue weighted by Crippen LogP contribution is -2.32. The molecule has 226 valence electrons. The number of carbonyl (C=O) groups excluding carboxylic acids is 2. The smallest absolute Gasteiger partial charge is 0.338 e. The van der Waals surface area contributed by atoms with Gasteiger partial charge in [-0.3, -0.25) is 15.0 Å². The lowest BCUT2D eigenvalue weighted by Gasteiger charge is -2.19. The Balaban J connectivity index is 1.86. The topological polar surface area (TPSA) is 139 Å². The average molecular weight is 633 g/mol. The van der Waals surface area contributed by atoms with E-state index in [9.17, 15) is 19.7 Å². The molecule has 1 saturated heterocycles. The second-order valence-electron chi connectivity index (χ2n) is 9.17. The zero-order valence-corrected chi connectivity index (χ0v) is 25.9. The van der Waals surface area contributed by atoms with Gasteiger partial charge in [0, 0.05) is 26.2 Å². The van der Waals surface area contributed by atoms with Gasteiger partial charge in [0.1, 0.15) is 5.04 Å². The number of nitro groups is 1. The number of carbonyl (C=O) groups is 2. The molecule has 0 aliphatic carbocycles. The van der Waals surface area contributed by atoms with Gasteiger partial charge in [-0.05, 0) is 98.5 Å². The van der Waals surface area contributed by atoms with E-state index in [1.165, 1.54) is 23.9 Å². The van der Waals surface area contributed by atoms with Crippen LogP contribution in [0.5, 0.6) is 0 Å². The fourth-order valence-corrected chi connectivity index (χ4v) is 4.87. The van der Waals surface area contributed by atoms with E-state index in [0.29, 0.717) is 44.2 Å². The van der Waals surface area contributed by atoms with Gasteiger partial charge in [0.05, 0.1) is 46.3 Å². The summed E-state index contributed by atoms with van der Waals surface area (Å²) in [5.41, 5.74) is 2.25. The largest absolute Gasteiger partial charge is 0.462 e. The Hall–Kier alpha value is -4.95. The van der Waals surface area contributed by atoms with E-state index in [0.717, 1.165) is 0 Å². The molecule has 3 aromatic rings. The first-order valence-electron chi connectivity index (χ1n) is 13.4. The van der Waals surface area contributed by atoms with E-state index in [4.69, 9.17) is 31.7 Å². The molecule has 0 radical (unpaired) electrons. The third-order valence-electron chi connectivity index (χ3n) is 5.90. The molecule has 1 aliphatic rings. The summed E-state index contributed by atoms with van der Waals surface area (Å²) in [7, 11) is 3.53. The predicted octanol–water partition coefficient (Wildman–Crippen LogP) is 6.16. The zero-order valence-electron chi connectivity index (χ0n) is 24.3. The number of esters is 2. The number of nitro benzene ring substituents is 1. The molecule has 4 rings (SSSR count). The number of ether oxygens (including phenoxy) is 2. The van der Waals surface area contributed by atoms with Crippen molar-refractivity contribution in [3.63, 3.8) is 0 Å². The van der Waals surface area contributed by atoms with Crippen molar-refractivity contribution in [1.29, 1.82) is 0 Å². The van der Waals surface area contributed by atoms with Gasteiger partial charge in [-0.15, -0.1) is 0 Å². The number of amidine groups is 2. The fourth-order valence-electron chi connectivity index (χ4n) is 3.76. The molecule has 1 aliphatic heterocycles. The highest BCUT2D eigenvalue weighted by molar-refractivity contribution is 8.29. The number of thioether (sulfide) groups is 1. The summed E-state index contributed by atoms with van der Waals surface area (Å²) in [6, 6.07) is 19.1. The Bertz CT molecular complexity index is 1650. The SMILES string of the molecule is CCOC(=O)c1ccc(N=C2S/C(=N\C(=S)N(C)C)N(c3ccc([N+](=O)[O-])cc3)C2=Nc2ccc(C(=O)OCC)cc2)cc1. The van der Waals surface area contributed by atoms with E-state index in [1.807, 2.05) is 0 Å². The fraction of sp³-hybridized carbons (Fsp3) is 0.200. The molecule has 0 bridgehead atoms. The number of aliphatic imine (C=N–C) groups is 3. The molecule has 0 atom stereocenters. The highest BCUT2D eigenvalue weighted by atomic mass is 32.2. The van der Waals surface area contributed by atoms with Crippen LogP contribution in [0.3, 0.4) is 0 Å². The summed E-state index contributed by atoms with van der Waals surface area (Å²) < 4.78 is 10.1. The number of hydrogen-bond acceptors (Lipinski definition) is 10. The highest BCUT2D eigenvalue weighted by Crippen LogP contribution is 2.34. The number of hydrogen-bond donors (Lipinski definition) is 0. The molecule has 14 heteroatoms. The first kappa shape index (κ1) is 32.0. The summed E-state index contributed by atoms with van der Waals surface area (Å²) in [4.78, 5) is 52.8. The Kier molecular flexibility index (Phi) is 10.5. The second kappa shape index (κ2) is 14.5. The Labute approximate surface area is 263 Å². The number of thiocarbonyl (C=S) groups is 1. The van der Waals surface area contributed by atoms with Crippen molar-refractivity contribution < 1.29 is 24.0 Å². The van der Waals surface area contributed by atoms with Gasteiger partial charge in [0.25, 0.3) is 5.69 Å². The zero-order chi connectivity index (χ0) is 31.8. The van der Waals surface area contributed by atoms with Crippen LogP contribution in [0.1, 0.15) is 34.6 Å². The predicted molar refractivity (Wildman–Crippen MR) is 176 cm³/mol. The minimum atomic E-state index is -0.481. The monoisotopic (exact) mass is 632 g/mol. The molecule has 1 heterocycles. The Morgan fingerprint density at radius 1 is 0.864 bits per heavy atom. The van der Waals surface area contributed by atoms with Crippen molar-refractivity contribution in [2.45, 2.75) is 13.8 Å². The molecule has 0 amide bonds. The van der Waals surface area contributed by atoms with Crippen molar-refractivity contribution in [1.82, 2.24) is 4.90 Å². The second-order valence-corrected chi connectivity index (χ2v) is 10.5. The number of non-ortho nitro benzene ring substituents is 1. The molecular weight excluding hydrogens is 605 g/mol. The van der Waals surface area contributed by atoms with Crippen LogP contribution in [0.4, 0.5) is 22.7 Å². The molecular formula is C30H28N6O6S2. The molecule has 1 fully saturated rings. The van der Waals surface area contributed by atoms with Crippen LogP contribution in [-0.4, -0.2) is 70.2 Å². The number of benzene rings is 3. The average Bonchev–Trinajstić information content (AvgIpc) is 3.33. The summed E-state index contributed by atoms with van der Waals surface area (Å²) in [5, 5.41) is 12.5. The summed E-state index contributed by atoms with van der Waals surface area (Å²) in [6.07, 6.45) is 0. The number of anilines is 1. The van der Waals surface area contributed by atoms with E-state index in [-0.39, 0.29) is 24.0 Å². The van der Waals surface area contributed by atoms with Crippen LogP contribution in [0.25, 0.3) is 0 Å². The molecule has 0 saturated carbocycles.